The molecule has 2 aromatic carbocycles. The molecule has 0 radical (unpaired) electrons. The van der Waals surface area contributed by atoms with Crippen LogP contribution in [0.15, 0.2) is 69.3 Å². The van der Waals surface area contributed by atoms with Crippen LogP contribution in [0.5, 0.6) is 0 Å². The number of rotatable bonds is 4. The normalized spacial score (nSPS) is 11.4. The second-order valence-electron chi connectivity index (χ2n) is 6.00. The van der Waals surface area contributed by atoms with Gasteiger partial charge in [0.25, 0.3) is 0 Å². The summed E-state index contributed by atoms with van der Waals surface area (Å²) in [7, 11) is 0. The molecule has 4 rings (SSSR count). The average Bonchev–Trinajstić information content (AvgIpc) is 3.17. The topological polar surface area (TPSA) is 78.9 Å². The number of fused-ring (bicyclic) bond motifs is 1. The minimum absolute atomic E-state index is 0.308. The fourth-order valence-electron chi connectivity index (χ4n) is 2.70. The maximum Gasteiger partial charge on any atom is 0.345 e. The third-order valence-corrected chi connectivity index (χ3v) is 5.33. The summed E-state index contributed by atoms with van der Waals surface area (Å²) in [5.74, 6) is 0. The van der Waals surface area contributed by atoms with Crippen molar-refractivity contribution in [3.05, 3.63) is 85.6 Å². The highest BCUT2D eigenvalue weighted by atomic mass is 35.5. The minimum atomic E-state index is -0.477. The summed E-state index contributed by atoms with van der Waals surface area (Å²) in [6.45, 7) is 0. The Morgan fingerprint density at radius 1 is 1.17 bits per heavy atom. The first kappa shape index (κ1) is 19.2. The number of thiazole rings is 1. The first-order valence-electron chi connectivity index (χ1n) is 8.35. The number of nitriles is 1. The van der Waals surface area contributed by atoms with Crippen LogP contribution in [0.4, 0.5) is 5.69 Å². The van der Waals surface area contributed by atoms with Crippen LogP contribution < -0.4 is 10.9 Å². The highest BCUT2D eigenvalue weighted by molar-refractivity contribution is 7.11. The third kappa shape index (κ3) is 4.17. The van der Waals surface area contributed by atoms with Gasteiger partial charge in [-0.1, -0.05) is 41.4 Å². The summed E-state index contributed by atoms with van der Waals surface area (Å²) in [5.41, 5.74) is 1.78. The zero-order valence-corrected chi connectivity index (χ0v) is 17.0. The molecule has 0 fully saturated rings. The molecule has 5 nitrogen and oxygen atoms in total. The molecule has 4 aromatic rings. The number of halogens is 2. The van der Waals surface area contributed by atoms with Crippen LogP contribution in [0.2, 0.25) is 10.0 Å². The summed E-state index contributed by atoms with van der Waals surface area (Å²) in [6.07, 6.45) is 1.52. The van der Waals surface area contributed by atoms with E-state index in [9.17, 15) is 10.1 Å². The van der Waals surface area contributed by atoms with E-state index in [-0.39, 0.29) is 0 Å². The largest absolute Gasteiger partial charge is 0.422 e. The molecule has 0 aliphatic heterocycles. The molecule has 1 N–H and O–H groups in total. The van der Waals surface area contributed by atoms with E-state index in [0.29, 0.717) is 43.2 Å². The second-order valence-corrected chi connectivity index (χ2v) is 7.73. The molecule has 2 aromatic heterocycles. The van der Waals surface area contributed by atoms with Crippen LogP contribution in [0, 0.1) is 11.3 Å². The van der Waals surface area contributed by atoms with E-state index in [4.69, 9.17) is 27.6 Å². The highest BCUT2D eigenvalue weighted by Gasteiger charge is 2.13. The molecule has 0 amide bonds. The van der Waals surface area contributed by atoms with Crippen molar-refractivity contribution in [3.8, 4) is 17.3 Å². The molecule has 2 heterocycles. The van der Waals surface area contributed by atoms with Crippen molar-refractivity contribution in [1.29, 1.82) is 5.26 Å². The van der Waals surface area contributed by atoms with Gasteiger partial charge in [0.05, 0.1) is 11.3 Å². The van der Waals surface area contributed by atoms with Crippen LogP contribution in [0.1, 0.15) is 5.01 Å². The van der Waals surface area contributed by atoms with Gasteiger partial charge in [-0.15, -0.1) is 11.3 Å². The van der Waals surface area contributed by atoms with Crippen molar-refractivity contribution in [3.63, 3.8) is 0 Å². The molecular formula is C21H11Cl2N3O2S. The number of benzene rings is 2. The van der Waals surface area contributed by atoms with E-state index < -0.39 is 5.63 Å². The van der Waals surface area contributed by atoms with Gasteiger partial charge in [0.2, 0.25) is 0 Å². The summed E-state index contributed by atoms with van der Waals surface area (Å²) in [5, 5.41) is 16.5. The number of aromatic nitrogens is 1. The summed E-state index contributed by atoms with van der Waals surface area (Å²) >= 11 is 13.2. The first-order valence-corrected chi connectivity index (χ1v) is 9.99. The fraction of sp³-hybridized carbons (Fsp3) is 0. The number of anilines is 1. The number of hydrogen-bond donors (Lipinski definition) is 1. The smallest absolute Gasteiger partial charge is 0.345 e. The Morgan fingerprint density at radius 2 is 1.93 bits per heavy atom. The highest BCUT2D eigenvalue weighted by Crippen LogP contribution is 2.27. The molecule has 0 saturated carbocycles. The Labute approximate surface area is 179 Å². The molecule has 0 aliphatic rings. The fourth-order valence-corrected chi connectivity index (χ4v) is 4.01. The Hall–Kier alpha value is -3.11. The number of nitrogens with zero attached hydrogens (tertiary/aromatic N) is 2. The van der Waals surface area contributed by atoms with E-state index in [0.717, 1.165) is 5.39 Å². The number of para-hydroxylation sites is 1. The summed E-state index contributed by atoms with van der Waals surface area (Å²) in [4.78, 5) is 16.8. The Balaban J connectivity index is 1.66. The number of allylic oxidation sites excluding steroid dienone is 1. The van der Waals surface area contributed by atoms with Crippen LogP contribution in [-0.4, -0.2) is 4.98 Å². The molecule has 142 valence electrons. The molecule has 0 bridgehead atoms. The molecular weight excluding hydrogens is 429 g/mol. The van der Waals surface area contributed by atoms with Crippen molar-refractivity contribution in [2.24, 2.45) is 0 Å². The monoisotopic (exact) mass is 439 g/mol. The SMILES string of the molecule is N#C/C(=C/Nc1cc(Cl)cc(Cl)c1)c1nc(-c2cc3ccccc3oc2=O)cs1. The standard InChI is InChI=1S/C21H11Cl2N3O2S/c22-14-6-15(23)8-16(7-14)25-10-13(9-24)20-26-18(11-29-20)17-5-12-3-1-2-4-19(12)28-21(17)27/h1-8,10-11,25H/b13-10-. The molecule has 0 unspecified atom stereocenters. The Bertz CT molecular complexity index is 1330. The van der Waals surface area contributed by atoms with Gasteiger partial charge in [0, 0.05) is 32.7 Å². The molecule has 29 heavy (non-hydrogen) atoms. The molecule has 0 atom stereocenters. The Morgan fingerprint density at radius 3 is 2.69 bits per heavy atom. The van der Waals surface area contributed by atoms with Gasteiger partial charge in [-0.05, 0) is 30.3 Å². The number of hydrogen-bond acceptors (Lipinski definition) is 6. The lowest BCUT2D eigenvalue weighted by molar-refractivity contribution is 0.563. The summed E-state index contributed by atoms with van der Waals surface area (Å²) in [6, 6.07) is 16.1. The van der Waals surface area contributed by atoms with Gasteiger partial charge < -0.3 is 9.73 Å². The van der Waals surface area contributed by atoms with Crippen molar-refractivity contribution in [1.82, 2.24) is 4.98 Å². The zero-order valence-electron chi connectivity index (χ0n) is 14.6. The molecule has 0 saturated heterocycles. The van der Waals surface area contributed by atoms with Gasteiger partial charge in [0.15, 0.2) is 0 Å². The van der Waals surface area contributed by atoms with Crippen LogP contribution in [-0.2, 0) is 0 Å². The van der Waals surface area contributed by atoms with Gasteiger partial charge >= 0.3 is 5.63 Å². The quantitative estimate of drug-likeness (QED) is 0.302. The molecule has 0 spiro atoms. The van der Waals surface area contributed by atoms with Gasteiger partial charge in [-0.3, -0.25) is 0 Å². The van der Waals surface area contributed by atoms with E-state index in [1.165, 1.54) is 17.5 Å². The average molecular weight is 440 g/mol. The molecule has 8 heteroatoms. The summed E-state index contributed by atoms with van der Waals surface area (Å²) < 4.78 is 5.36. The van der Waals surface area contributed by atoms with Gasteiger partial charge in [-0.2, -0.15) is 5.26 Å². The van der Waals surface area contributed by atoms with Crippen LogP contribution in [0.3, 0.4) is 0 Å². The van der Waals surface area contributed by atoms with Crippen LogP contribution >= 0.6 is 34.5 Å². The van der Waals surface area contributed by atoms with Crippen molar-refractivity contribution < 1.29 is 4.42 Å². The van der Waals surface area contributed by atoms with Crippen molar-refractivity contribution >= 4 is 56.8 Å². The van der Waals surface area contributed by atoms with Gasteiger partial charge in [-0.25, -0.2) is 9.78 Å². The first-order chi connectivity index (χ1) is 14.0. The maximum absolute atomic E-state index is 12.3. The molecule has 0 aliphatic carbocycles. The van der Waals surface area contributed by atoms with E-state index in [2.05, 4.69) is 16.4 Å². The van der Waals surface area contributed by atoms with Gasteiger partial charge in [0.1, 0.15) is 22.2 Å². The number of nitrogens with one attached hydrogen (secondary N) is 1. The predicted molar refractivity (Wildman–Crippen MR) is 117 cm³/mol. The maximum atomic E-state index is 12.3. The van der Waals surface area contributed by atoms with Crippen molar-refractivity contribution in [2.75, 3.05) is 5.32 Å². The van der Waals surface area contributed by atoms with E-state index >= 15 is 0 Å². The predicted octanol–water partition coefficient (Wildman–Crippen LogP) is 6.20. The third-order valence-electron chi connectivity index (χ3n) is 4.02. The van der Waals surface area contributed by atoms with Crippen molar-refractivity contribution in [2.45, 2.75) is 0 Å². The minimum Gasteiger partial charge on any atom is -0.422 e. The zero-order chi connectivity index (χ0) is 20.4. The lowest BCUT2D eigenvalue weighted by Crippen LogP contribution is -2.02. The van der Waals surface area contributed by atoms with E-state index in [1.807, 2.05) is 12.1 Å². The lowest BCUT2D eigenvalue weighted by atomic mass is 10.1. The lowest BCUT2D eigenvalue weighted by Gasteiger charge is -2.03. The second kappa shape index (κ2) is 8.10. The van der Waals surface area contributed by atoms with E-state index in [1.54, 1.807) is 41.8 Å². The van der Waals surface area contributed by atoms with Crippen LogP contribution in [0.25, 0.3) is 27.8 Å². The Kier molecular flexibility index (Phi) is 5.36.